The van der Waals surface area contributed by atoms with Crippen LogP contribution in [0, 0.1) is 16.0 Å². The first-order valence-electron chi connectivity index (χ1n) is 9.68. The van der Waals surface area contributed by atoms with Gasteiger partial charge in [-0.25, -0.2) is 8.42 Å². The van der Waals surface area contributed by atoms with E-state index >= 15 is 0 Å². The van der Waals surface area contributed by atoms with Gasteiger partial charge in [-0.05, 0) is 43.0 Å². The van der Waals surface area contributed by atoms with Crippen molar-refractivity contribution in [1.82, 2.24) is 4.90 Å². The summed E-state index contributed by atoms with van der Waals surface area (Å²) in [5.74, 6) is 1.75. The third kappa shape index (κ3) is 4.22. The number of carbonyl (C=O) groups excluding carboxylic acids is 1. The van der Waals surface area contributed by atoms with Crippen molar-refractivity contribution in [3.05, 3.63) is 62.6 Å². The highest BCUT2D eigenvalue weighted by molar-refractivity contribution is 7.91. The number of hydrogen-bond donors (Lipinski definition) is 0. The van der Waals surface area contributed by atoms with Crippen LogP contribution in [0.15, 0.2) is 34.7 Å². The molecule has 2 aliphatic rings. The van der Waals surface area contributed by atoms with Crippen molar-refractivity contribution in [1.29, 1.82) is 0 Å². The van der Waals surface area contributed by atoms with Gasteiger partial charge in [-0.15, -0.1) is 0 Å². The second-order valence-corrected chi connectivity index (χ2v) is 10.7. The second-order valence-electron chi connectivity index (χ2n) is 8.04. The molecule has 2 aromatic rings. The Morgan fingerprint density at radius 1 is 1.33 bits per heavy atom. The van der Waals surface area contributed by atoms with E-state index in [1.807, 2.05) is 6.07 Å². The topological polar surface area (TPSA) is 111 Å². The van der Waals surface area contributed by atoms with Crippen LogP contribution in [0.5, 0.6) is 0 Å². The van der Waals surface area contributed by atoms with Crippen molar-refractivity contribution in [3.63, 3.8) is 0 Å². The number of furan rings is 1. The molecule has 3 unspecified atom stereocenters. The van der Waals surface area contributed by atoms with Crippen LogP contribution in [0.1, 0.15) is 47.6 Å². The van der Waals surface area contributed by atoms with E-state index in [0.29, 0.717) is 24.0 Å². The van der Waals surface area contributed by atoms with Crippen molar-refractivity contribution < 1.29 is 22.6 Å². The largest absolute Gasteiger partial charge is 0.464 e. The Balaban J connectivity index is 1.63. The summed E-state index contributed by atoms with van der Waals surface area (Å²) in [5, 5.41) is 11.1. The molecule has 8 nitrogen and oxygen atoms in total. The lowest BCUT2D eigenvalue weighted by atomic mass is 10.1. The number of nitro benzene ring substituents is 1. The molecule has 1 saturated heterocycles. The van der Waals surface area contributed by atoms with E-state index in [1.54, 1.807) is 6.07 Å². The van der Waals surface area contributed by atoms with Crippen LogP contribution < -0.4 is 0 Å². The minimum absolute atomic E-state index is 0.00516. The Bertz CT molecular complexity index is 1110. The van der Waals surface area contributed by atoms with Crippen LogP contribution in [-0.2, 0) is 16.4 Å². The van der Waals surface area contributed by atoms with Gasteiger partial charge in [0.1, 0.15) is 16.5 Å². The molecule has 0 spiro atoms. The molecule has 4 rings (SSSR count). The standard InChI is InChI=1S/C20H21ClN2O6S/c1-12-8-16(12)19-5-3-15(29-19)10-22(14-6-7-30(27,28)11-14)20(24)13-2-4-17(21)18(9-13)23(25)26/h2-5,9,12,14,16H,6-8,10-11H2,1H3. The van der Waals surface area contributed by atoms with Gasteiger partial charge in [0.2, 0.25) is 0 Å². The minimum atomic E-state index is -3.24. The zero-order valence-corrected chi connectivity index (χ0v) is 17.9. The summed E-state index contributed by atoms with van der Waals surface area (Å²) < 4.78 is 29.9. The monoisotopic (exact) mass is 452 g/mol. The maximum atomic E-state index is 13.3. The summed E-state index contributed by atoms with van der Waals surface area (Å²) in [5.41, 5.74) is -0.289. The highest BCUT2D eigenvalue weighted by atomic mass is 35.5. The minimum Gasteiger partial charge on any atom is -0.464 e. The molecule has 0 bridgehead atoms. The van der Waals surface area contributed by atoms with Gasteiger partial charge >= 0.3 is 0 Å². The predicted molar refractivity (Wildman–Crippen MR) is 110 cm³/mol. The fraction of sp³-hybridized carbons (Fsp3) is 0.450. The van der Waals surface area contributed by atoms with Crippen LogP contribution in [0.4, 0.5) is 5.69 Å². The van der Waals surface area contributed by atoms with Crippen LogP contribution in [-0.4, -0.2) is 41.7 Å². The van der Waals surface area contributed by atoms with Crippen LogP contribution in [0.25, 0.3) is 0 Å². The molecule has 2 fully saturated rings. The molecule has 10 heteroatoms. The van der Waals surface area contributed by atoms with E-state index in [2.05, 4.69) is 6.92 Å². The smallest absolute Gasteiger partial charge is 0.288 e. The Morgan fingerprint density at radius 3 is 2.67 bits per heavy atom. The van der Waals surface area contributed by atoms with Gasteiger partial charge in [0.15, 0.2) is 9.84 Å². The highest BCUT2D eigenvalue weighted by Crippen LogP contribution is 2.47. The summed E-state index contributed by atoms with van der Waals surface area (Å²) >= 11 is 5.86. The molecule has 1 saturated carbocycles. The van der Waals surface area contributed by atoms with Crippen molar-refractivity contribution in [2.75, 3.05) is 11.5 Å². The van der Waals surface area contributed by atoms with E-state index in [4.69, 9.17) is 16.0 Å². The lowest BCUT2D eigenvalue weighted by Gasteiger charge is -2.27. The summed E-state index contributed by atoms with van der Waals surface area (Å²) in [6, 6.07) is 7.01. The first-order chi connectivity index (χ1) is 14.1. The molecule has 1 aromatic carbocycles. The third-order valence-electron chi connectivity index (χ3n) is 5.78. The van der Waals surface area contributed by atoms with Crippen molar-refractivity contribution in [2.24, 2.45) is 5.92 Å². The molecule has 2 heterocycles. The molecule has 3 atom stereocenters. The Kier molecular flexibility index (Phi) is 5.36. The Morgan fingerprint density at radius 2 is 2.07 bits per heavy atom. The van der Waals surface area contributed by atoms with Gasteiger partial charge in [-0.2, -0.15) is 0 Å². The van der Waals surface area contributed by atoms with Crippen LogP contribution in [0.2, 0.25) is 5.02 Å². The number of halogens is 1. The first kappa shape index (κ1) is 20.9. The molecule has 30 heavy (non-hydrogen) atoms. The number of carbonyl (C=O) groups is 1. The molecular formula is C20H21ClN2O6S. The number of amides is 1. The molecule has 1 aromatic heterocycles. The molecule has 0 radical (unpaired) electrons. The number of nitrogens with zero attached hydrogens (tertiary/aromatic N) is 2. The fourth-order valence-electron chi connectivity index (χ4n) is 3.90. The van der Waals surface area contributed by atoms with Gasteiger partial charge in [0.25, 0.3) is 11.6 Å². The van der Waals surface area contributed by atoms with Crippen LogP contribution >= 0.6 is 11.6 Å². The fourth-order valence-corrected chi connectivity index (χ4v) is 5.82. The molecule has 1 amide bonds. The SMILES string of the molecule is CC1CC1c1ccc(CN(C(=O)c2ccc(Cl)c([N+](=O)[O-])c2)C2CCS(=O)(=O)C2)o1. The molecular weight excluding hydrogens is 432 g/mol. The number of benzene rings is 1. The predicted octanol–water partition coefficient (Wildman–Crippen LogP) is 3.79. The number of rotatable bonds is 6. The number of hydrogen-bond acceptors (Lipinski definition) is 6. The van der Waals surface area contributed by atoms with Gasteiger partial charge in [-0.3, -0.25) is 14.9 Å². The number of sulfone groups is 1. The normalized spacial score (nSPS) is 24.5. The Labute approximate surface area is 178 Å². The lowest BCUT2D eigenvalue weighted by molar-refractivity contribution is -0.384. The zero-order valence-electron chi connectivity index (χ0n) is 16.3. The van der Waals surface area contributed by atoms with Crippen molar-refractivity contribution >= 4 is 33.0 Å². The molecule has 160 valence electrons. The van der Waals surface area contributed by atoms with Gasteiger partial charge in [-0.1, -0.05) is 18.5 Å². The van der Waals surface area contributed by atoms with E-state index in [1.165, 1.54) is 17.0 Å². The van der Waals surface area contributed by atoms with E-state index in [-0.39, 0.29) is 34.3 Å². The maximum absolute atomic E-state index is 13.3. The highest BCUT2D eigenvalue weighted by Gasteiger charge is 2.38. The quantitative estimate of drug-likeness (QED) is 0.487. The maximum Gasteiger partial charge on any atom is 0.288 e. The van der Waals surface area contributed by atoms with Crippen LogP contribution in [0.3, 0.4) is 0 Å². The number of nitro groups is 1. The van der Waals surface area contributed by atoms with Gasteiger partial charge in [0, 0.05) is 23.6 Å². The van der Waals surface area contributed by atoms with Crippen molar-refractivity contribution in [2.45, 2.75) is 38.3 Å². The average Bonchev–Trinajstić information content (AvgIpc) is 3.08. The second kappa shape index (κ2) is 7.70. The van der Waals surface area contributed by atoms with E-state index < -0.39 is 26.7 Å². The lowest BCUT2D eigenvalue weighted by Crippen LogP contribution is -2.40. The summed E-state index contributed by atoms with van der Waals surface area (Å²) in [7, 11) is -3.24. The Hall–Kier alpha value is -2.39. The summed E-state index contributed by atoms with van der Waals surface area (Å²) in [6.07, 6.45) is 1.38. The molecule has 0 N–H and O–H groups in total. The summed E-state index contributed by atoms with van der Waals surface area (Å²) in [4.78, 5) is 25.2. The molecule has 1 aliphatic heterocycles. The molecule has 1 aliphatic carbocycles. The first-order valence-corrected chi connectivity index (χ1v) is 11.9. The van der Waals surface area contributed by atoms with E-state index in [0.717, 1.165) is 18.2 Å². The third-order valence-corrected chi connectivity index (χ3v) is 7.85. The van der Waals surface area contributed by atoms with Crippen molar-refractivity contribution in [3.8, 4) is 0 Å². The summed E-state index contributed by atoms with van der Waals surface area (Å²) in [6.45, 7) is 2.23. The zero-order chi connectivity index (χ0) is 21.6. The average molecular weight is 453 g/mol. The van der Waals surface area contributed by atoms with Gasteiger partial charge < -0.3 is 9.32 Å². The van der Waals surface area contributed by atoms with E-state index in [9.17, 15) is 23.3 Å². The van der Waals surface area contributed by atoms with Gasteiger partial charge in [0.05, 0.1) is 23.0 Å².